The highest BCUT2D eigenvalue weighted by Gasteiger charge is 2.18. The molecule has 1 aliphatic carbocycles. The SMILES string of the molecule is O=C(Nc1nnc(Cc2cccc(F)c2)s1)c1cc2c([nH]c1=O)CCCCC2. The summed E-state index contributed by atoms with van der Waals surface area (Å²) in [4.78, 5) is 27.8. The van der Waals surface area contributed by atoms with Crippen LogP contribution < -0.4 is 10.9 Å². The van der Waals surface area contributed by atoms with E-state index in [4.69, 9.17) is 0 Å². The van der Waals surface area contributed by atoms with E-state index < -0.39 is 5.91 Å². The van der Waals surface area contributed by atoms with Gasteiger partial charge in [0.2, 0.25) is 5.13 Å². The van der Waals surface area contributed by atoms with E-state index in [-0.39, 0.29) is 16.9 Å². The molecule has 1 amide bonds. The number of pyridine rings is 1. The van der Waals surface area contributed by atoms with Gasteiger partial charge < -0.3 is 4.98 Å². The number of hydrogen-bond acceptors (Lipinski definition) is 5. The smallest absolute Gasteiger partial charge is 0.263 e. The van der Waals surface area contributed by atoms with Crippen LogP contribution in [0.5, 0.6) is 0 Å². The van der Waals surface area contributed by atoms with Crippen molar-refractivity contribution in [2.45, 2.75) is 38.5 Å². The second-order valence-corrected chi connectivity index (χ2v) is 7.90. The van der Waals surface area contributed by atoms with Gasteiger partial charge in [0.1, 0.15) is 16.4 Å². The fourth-order valence-electron chi connectivity index (χ4n) is 3.38. The first-order chi connectivity index (χ1) is 13.6. The number of amides is 1. The van der Waals surface area contributed by atoms with E-state index in [0.717, 1.165) is 48.9 Å². The lowest BCUT2D eigenvalue weighted by molar-refractivity contribution is 0.102. The predicted molar refractivity (Wildman–Crippen MR) is 105 cm³/mol. The lowest BCUT2D eigenvalue weighted by Crippen LogP contribution is -2.25. The molecular weight excluding hydrogens is 379 g/mol. The summed E-state index contributed by atoms with van der Waals surface area (Å²) in [7, 11) is 0. The summed E-state index contributed by atoms with van der Waals surface area (Å²) < 4.78 is 13.3. The maximum Gasteiger partial charge on any atom is 0.263 e. The topological polar surface area (TPSA) is 87.7 Å². The van der Waals surface area contributed by atoms with Crippen molar-refractivity contribution in [3.8, 4) is 0 Å². The molecule has 0 fully saturated rings. The average molecular weight is 398 g/mol. The van der Waals surface area contributed by atoms with Crippen molar-refractivity contribution in [1.29, 1.82) is 0 Å². The minimum absolute atomic E-state index is 0.0857. The molecule has 1 aliphatic rings. The van der Waals surface area contributed by atoms with Crippen LogP contribution in [0.4, 0.5) is 9.52 Å². The molecule has 1 aromatic carbocycles. The Kier molecular flexibility index (Phi) is 5.29. The van der Waals surface area contributed by atoms with Gasteiger partial charge in [-0.25, -0.2) is 4.39 Å². The number of nitrogens with one attached hydrogen (secondary N) is 2. The number of carbonyl (C=O) groups is 1. The molecule has 0 radical (unpaired) electrons. The van der Waals surface area contributed by atoms with Crippen LogP contribution in [0.1, 0.15) is 51.4 Å². The van der Waals surface area contributed by atoms with Gasteiger partial charge in [-0.3, -0.25) is 14.9 Å². The summed E-state index contributed by atoms with van der Waals surface area (Å²) in [6.07, 6.45) is 5.35. The molecule has 8 heteroatoms. The first kappa shape index (κ1) is 18.5. The standard InChI is InChI=1S/C20H19FN4O2S/c21-14-7-4-5-12(9-14)10-17-24-25-20(28-17)23-19(27)15-11-13-6-2-1-3-8-16(13)22-18(15)26/h4-5,7,9,11H,1-3,6,8,10H2,(H,22,26)(H,23,25,27). The van der Waals surface area contributed by atoms with Gasteiger partial charge in [-0.2, -0.15) is 0 Å². The van der Waals surface area contributed by atoms with E-state index in [2.05, 4.69) is 20.5 Å². The average Bonchev–Trinajstić information content (AvgIpc) is 2.96. The number of aromatic amines is 1. The zero-order valence-electron chi connectivity index (χ0n) is 15.1. The largest absolute Gasteiger partial charge is 0.325 e. The molecule has 144 valence electrons. The molecule has 2 N–H and O–H groups in total. The number of hydrogen-bond donors (Lipinski definition) is 2. The molecule has 0 saturated heterocycles. The maximum absolute atomic E-state index is 13.3. The number of fused-ring (bicyclic) bond motifs is 1. The van der Waals surface area contributed by atoms with E-state index >= 15 is 0 Å². The number of rotatable bonds is 4. The van der Waals surface area contributed by atoms with Crippen LogP contribution in [-0.2, 0) is 19.3 Å². The molecule has 2 aromatic heterocycles. The third-order valence-electron chi connectivity index (χ3n) is 4.76. The number of nitrogens with zero attached hydrogens (tertiary/aromatic N) is 2. The molecule has 0 saturated carbocycles. The van der Waals surface area contributed by atoms with Crippen LogP contribution in [0, 0.1) is 5.82 Å². The monoisotopic (exact) mass is 398 g/mol. The minimum atomic E-state index is -0.498. The number of benzene rings is 1. The van der Waals surface area contributed by atoms with Gasteiger partial charge in [0.15, 0.2) is 0 Å². The Morgan fingerprint density at radius 2 is 2.04 bits per heavy atom. The molecule has 6 nitrogen and oxygen atoms in total. The first-order valence-corrected chi connectivity index (χ1v) is 10.0. The summed E-state index contributed by atoms with van der Waals surface area (Å²) >= 11 is 1.21. The first-order valence-electron chi connectivity index (χ1n) is 9.22. The van der Waals surface area contributed by atoms with E-state index in [1.54, 1.807) is 18.2 Å². The Morgan fingerprint density at radius 1 is 1.18 bits per heavy atom. The van der Waals surface area contributed by atoms with Crippen molar-refractivity contribution >= 4 is 22.4 Å². The Labute approximate surface area is 164 Å². The molecule has 4 rings (SSSR count). The highest BCUT2D eigenvalue weighted by atomic mass is 32.1. The van der Waals surface area contributed by atoms with Crippen LogP contribution in [0.3, 0.4) is 0 Å². The molecule has 28 heavy (non-hydrogen) atoms. The molecule has 3 aromatic rings. The molecular formula is C20H19FN4O2S. The van der Waals surface area contributed by atoms with Gasteiger partial charge in [-0.05, 0) is 55.0 Å². The van der Waals surface area contributed by atoms with E-state index in [0.29, 0.717) is 16.6 Å². The molecule has 0 unspecified atom stereocenters. The van der Waals surface area contributed by atoms with Crippen LogP contribution in [-0.4, -0.2) is 21.1 Å². The van der Waals surface area contributed by atoms with Crippen LogP contribution in [0.2, 0.25) is 0 Å². The fourth-order valence-corrected chi connectivity index (χ4v) is 4.15. The Hall–Kier alpha value is -2.87. The van der Waals surface area contributed by atoms with Gasteiger partial charge in [0.05, 0.1) is 0 Å². The van der Waals surface area contributed by atoms with Crippen molar-refractivity contribution < 1.29 is 9.18 Å². The van der Waals surface area contributed by atoms with Crippen LogP contribution in [0.25, 0.3) is 0 Å². The zero-order valence-corrected chi connectivity index (χ0v) is 15.9. The summed E-state index contributed by atoms with van der Waals surface area (Å²) in [5, 5.41) is 11.6. The highest BCUT2D eigenvalue weighted by Crippen LogP contribution is 2.21. The van der Waals surface area contributed by atoms with Crippen molar-refractivity contribution in [3.63, 3.8) is 0 Å². The fraction of sp³-hybridized carbons (Fsp3) is 0.300. The van der Waals surface area contributed by atoms with E-state index in [1.807, 2.05) is 0 Å². The zero-order chi connectivity index (χ0) is 19.5. The van der Waals surface area contributed by atoms with Gasteiger partial charge in [-0.15, -0.1) is 10.2 Å². The molecule has 2 heterocycles. The third-order valence-corrected chi connectivity index (χ3v) is 5.60. The second kappa shape index (κ2) is 8.02. The summed E-state index contributed by atoms with van der Waals surface area (Å²) in [6.45, 7) is 0. The van der Waals surface area contributed by atoms with Crippen LogP contribution >= 0.6 is 11.3 Å². The number of aryl methyl sites for hydroxylation is 2. The lowest BCUT2D eigenvalue weighted by atomic mass is 10.1. The van der Waals surface area contributed by atoms with Gasteiger partial charge in [0, 0.05) is 12.1 Å². The van der Waals surface area contributed by atoms with E-state index in [9.17, 15) is 14.0 Å². The predicted octanol–water partition coefficient (Wildman–Crippen LogP) is 3.48. The molecule has 0 spiro atoms. The summed E-state index contributed by atoms with van der Waals surface area (Å²) in [6, 6.07) is 7.96. The molecule has 0 atom stereocenters. The van der Waals surface area contributed by atoms with Gasteiger partial charge in [0.25, 0.3) is 11.5 Å². The van der Waals surface area contributed by atoms with Crippen molar-refractivity contribution in [3.05, 3.63) is 73.9 Å². The van der Waals surface area contributed by atoms with Crippen molar-refractivity contribution in [2.24, 2.45) is 0 Å². The van der Waals surface area contributed by atoms with Gasteiger partial charge in [-0.1, -0.05) is 29.9 Å². The summed E-state index contributed by atoms with van der Waals surface area (Å²) in [5.41, 5.74) is 2.44. The highest BCUT2D eigenvalue weighted by molar-refractivity contribution is 7.15. The summed E-state index contributed by atoms with van der Waals surface area (Å²) in [5.74, 6) is -0.806. The number of H-pyrrole nitrogens is 1. The third kappa shape index (κ3) is 4.17. The molecule has 0 aliphatic heterocycles. The quantitative estimate of drug-likeness (QED) is 0.659. The number of aromatic nitrogens is 3. The minimum Gasteiger partial charge on any atom is -0.325 e. The normalized spacial score (nSPS) is 13.6. The number of carbonyl (C=O) groups excluding carboxylic acids is 1. The van der Waals surface area contributed by atoms with Gasteiger partial charge >= 0.3 is 0 Å². The Bertz CT molecular complexity index is 1080. The number of anilines is 1. The Morgan fingerprint density at radius 3 is 2.89 bits per heavy atom. The van der Waals surface area contributed by atoms with Crippen molar-refractivity contribution in [1.82, 2.24) is 15.2 Å². The molecule has 0 bridgehead atoms. The Balaban J connectivity index is 1.49. The maximum atomic E-state index is 13.3. The van der Waals surface area contributed by atoms with Crippen LogP contribution in [0.15, 0.2) is 35.1 Å². The van der Waals surface area contributed by atoms with Crippen molar-refractivity contribution in [2.75, 3.05) is 5.32 Å². The van der Waals surface area contributed by atoms with E-state index in [1.165, 1.54) is 23.5 Å². The lowest BCUT2D eigenvalue weighted by Gasteiger charge is -2.07. The second-order valence-electron chi connectivity index (χ2n) is 6.84. The number of halogens is 1.